The van der Waals surface area contributed by atoms with Crippen LogP contribution in [-0.4, -0.2) is 6.61 Å². The summed E-state index contributed by atoms with van der Waals surface area (Å²) in [5.41, 5.74) is 1.57. The van der Waals surface area contributed by atoms with Gasteiger partial charge in [-0.1, -0.05) is 23.2 Å². The van der Waals surface area contributed by atoms with E-state index in [9.17, 15) is 4.39 Å². The lowest BCUT2D eigenvalue weighted by Crippen LogP contribution is -2.21. The maximum Gasteiger partial charge on any atom is 0.143 e. The van der Waals surface area contributed by atoms with E-state index in [0.29, 0.717) is 28.1 Å². The van der Waals surface area contributed by atoms with Crippen molar-refractivity contribution in [2.24, 2.45) is 0 Å². The Morgan fingerprint density at radius 2 is 2.05 bits per heavy atom. The number of fused-ring (bicyclic) bond motifs is 1. The molecule has 21 heavy (non-hydrogen) atoms. The second-order valence-electron chi connectivity index (χ2n) is 4.76. The third-order valence-corrected chi connectivity index (χ3v) is 4.51. The summed E-state index contributed by atoms with van der Waals surface area (Å²) in [5, 5.41) is 4.36. The Hall–Kier alpha value is -0.970. The number of nitrogens with one attached hydrogen (secondary N) is 1. The van der Waals surface area contributed by atoms with E-state index in [2.05, 4.69) is 21.2 Å². The van der Waals surface area contributed by atoms with Crippen LogP contribution < -0.4 is 10.1 Å². The molecular formula is C15H11BrCl2FNO. The van der Waals surface area contributed by atoms with Gasteiger partial charge in [-0.25, -0.2) is 4.39 Å². The zero-order valence-electron chi connectivity index (χ0n) is 10.8. The minimum absolute atomic E-state index is 0.0388. The summed E-state index contributed by atoms with van der Waals surface area (Å²) in [6, 6.07) is 7.97. The van der Waals surface area contributed by atoms with E-state index in [-0.39, 0.29) is 11.9 Å². The van der Waals surface area contributed by atoms with E-state index in [1.54, 1.807) is 12.1 Å². The number of rotatable bonds is 2. The quantitative estimate of drug-likeness (QED) is 0.696. The van der Waals surface area contributed by atoms with E-state index >= 15 is 0 Å². The topological polar surface area (TPSA) is 21.3 Å². The van der Waals surface area contributed by atoms with Crippen LogP contribution in [-0.2, 0) is 0 Å². The van der Waals surface area contributed by atoms with Gasteiger partial charge in [-0.05, 0) is 46.3 Å². The maximum atomic E-state index is 13.4. The molecule has 0 saturated heterocycles. The minimum Gasteiger partial charge on any atom is -0.492 e. The van der Waals surface area contributed by atoms with Crippen LogP contribution >= 0.6 is 39.1 Å². The first-order valence-electron chi connectivity index (χ1n) is 6.38. The fraction of sp³-hybridized carbons (Fsp3) is 0.200. The predicted octanol–water partition coefficient (Wildman–Crippen LogP) is 5.83. The van der Waals surface area contributed by atoms with Gasteiger partial charge in [0.15, 0.2) is 0 Å². The highest BCUT2D eigenvalue weighted by Crippen LogP contribution is 2.41. The SMILES string of the molecule is Fc1ccc(Br)c(NC2CCOc3c(Cl)cc(Cl)cc32)c1. The average Bonchev–Trinajstić information content (AvgIpc) is 2.43. The third-order valence-electron chi connectivity index (χ3n) is 3.32. The Morgan fingerprint density at radius 1 is 1.24 bits per heavy atom. The molecule has 1 aliphatic heterocycles. The standard InChI is InChI=1S/C15H11BrCl2FNO/c16-11-2-1-9(19)7-14(11)20-13-3-4-21-15-10(13)5-8(17)6-12(15)18/h1-2,5-7,13,20H,3-4H2. The lowest BCUT2D eigenvalue weighted by molar-refractivity contribution is 0.274. The van der Waals surface area contributed by atoms with Crippen LogP contribution in [0.15, 0.2) is 34.8 Å². The van der Waals surface area contributed by atoms with Crippen LogP contribution in [0.1, 0.15) is 18.0 Å². The van der Waals surface area contributed by atoms with Crippen molar-refractivity contribution in [1.82, 2.24) is 0 Å². The second kappa shape index (κ2) is 6.03. The number of ether oxygens (including phenoxy) is 1. The van der Waals surface area contributed by atoms with Crippen molar-refractivity contribution in [1.29, 1.82) is 0 Å². The van der Waals surface area contributed by atoms with E-state index in [0.717, 1.165) is 16.5 Å². The Bertz CT molecular complexity index is 696. The molecule has 0 spiro atoms. The highest BCUT2D eigenvalue weighted by atomic mass is 79.9. The zero-order valence-corrected chi connectivity index (χ0v) is 13.9. The van der Waals surface area contributed by atoms with Crippen LogP contribution in [0.2, 0.25) is 10.0 Å². The molecule has 1 unspecified atom stereocenters. The number of benzene rings is 2. The molecule has 0 radical (unpaired) electrons. The molecule has 110 valence electrons. The first-order chi connectivity index (χ1) is 10.0. The lowest BCUT2D eigenvalue weighted by atomic mass is 10.00. The van der Waals surface area contributed by atoms with E-state index in [1.807, 2.05) is 6.07 Å². The van der Waals surface area contributed by atoms with Crippen molar-refractivity contribution in [3.63, 3.8) is 0 Å². The van der Waals surface area contributed by atoms with Gasteiger partial charge in [0.05, 0.1) is 23.4 Å². The van der Waals surface area contributed by atoms with Gasteiger partial charge in [-0.15, -0.1) is 0 Å². The van der Waals surface area contributed by atoms with Crippen molar-refractivity contribution in [2.45, 2.75) is 12.5 Å². The molecule has 0 aliphatic carbocycles. The number of hydrogen-bond acceptors (Lipinski definition) is 2. The van der Waals surface area contributed by atoms with Crippen LogP contribution in [0.5, 0.6) is 5.75 Å². The number of anilines is 1. The summed E-state index contributed by atoms with van der Waals surface area (Å²) in [6.45, 7) is 0.541. The van der Waals surface area contributed by atoms with Crippen molar-refractivity contribution >= 4 is 44.8 Å². The molecule has 0 amide bonds. The summed E-state index contributed by atoms with van der Waals surface area (Å²) in [5.74, 6) is 0.342. The molecule has 1 aliphatic rings. The Labute approximate surface area is 140 Å². The molecule has 2 aromatic carbocycles. The molecule has 0 bridgehead atoms. The first-order valence-corrected chi connectivity index (χ1v) is 7.93. The van der Waals surface area contributed by atoms with Crippen LogP contribution in [0.25, 0.3) is 0 Å². The minimum atomic E-state index is -0.294. The summed E-state index contributed by atoms with van der Waals surface area (Å²) in [4.78, 5) is 0. The van der Waals surface area contributed by atoms with Gasteiger partial charge in [0, 0.05) is 21.5 Å². The average molecular weight is 391 g/mol. The third kappa shape index (κ3) is 3.12. The number of hydrogen-bond donors (Lipinski definition) is 1. The van der Waals surface area contributed by atoms with Crippen molar-refractivity contribution in [2.75, 3.05) is 11.9 Å². The fourth-order valence-corrected chi connectivity index (χ4v) is 3.30. The molecular weight excluding hydrogens is 380 g/mol. The van der Waals surface area contributed by atoms with Crippen molar-refractivity contribution < 1.29 is 9.13 Å². The zero-order chi connectivity index (χ0) is 15.0. The summed E-state index contributed by atoms with van der Waals surface area (Å²) in [7, 11) is 0. The molecule has 0 fully saturated rings. The Kier molecular flexibility index (Phi) is 4.29. The molecule has 2 aromatic rings. The van der Waals surface area contributed by atoms with Crippen molar-refractivity contribution in [3.05, 3.63) is 56.2 Å². The Balaban J connectivity index is 1.97. The summed E-state index contributed by atoms with van der Waals surface area (Å²) >= 11 is 15.6. The summed E-state index contributed by atoms with van der Waals surface area (Å²) < 4.78 is 19.8. The number of halogens is 4. The Morgan fingerprint density at radius 3 is 2.86 bits per heavy atom. The predicted molar refractivity (Wildman–Crippen MR) is 87.0 cm³/mol. The van der Waals surface area contributed by atoms with Gasteiger partial charge in [0.2, 0.25) is 0 Å². The van der Waals surface area contributed by atoms with Gasteiger partial charge in [0.1, 0.15) is 11.6 Å². The van der Waals surface area contributed by atoms with E-state index in [1.165, 1.54) is 12.1 Å². The highest BCUT2D eigenvalue weighted by Gasteiger charge is 2.24. The van der Waals surface area contributed by atoms with Gasteiger partial charge in [-0.3, -0.25) is 0 Å². The smallest absolute Gasteiger partial charge is 0.143 e. The monoisotopic (exact) mass is 389 g/mol. The van der Waals surface area contributed by atoms with E-state index in [4.69, 9.17) is 27.9 Å². The van der Waals surface area contributed by atoms with Gasteiger partial charge < -0.3 is 10.1 Å². The molecule has 0 saturated carbocycles. The van der Waals surface area contributed by atoms with Crippen LogP contribution in [0, 0.1) is 5.82 Å². The second-order valence-corrected chi connectivity index (χ2v) is 6.46. The van der Waals surface area contributed by atoms with Gasteiger partial charge in [0.25, 0.3) is 0 Å². The lowest BCUT2D eigenvalue weighted by Gasteiger charge is -2.28. The maximum absolute atomic E-state index is 13.4. The van der Waals surface area contributed by atoms with Gasteiger partial charge in [-0.2, -0.15) is 0 Å². The highest BCUT2D eigenvalue weighted by molar-refractivity contribution is 9.10. The van der Waals surface area contributed by atoms with Crippen LogP contribution in [0.3, 0.4) is 0 Å². The molecule has 1 heterocycles. The molecule has 6 heteroatoms. The fourth-order valence-electron chi connectivity index (χ4n) is 2.37. The molecule has 1 atom stereocenters. The first kappa shape index (κ1) is 14.9. The van der Waals surface area contributed by atoms with Gasteiger partial charge >= 0.3 is 0 Å². The van der Waals surface area contributed by atoms with E-state index < -0.39 is 0 Å². The normalized spacial score (nSPS) is 17.0. The molecule has 2 nitrogen and oxygen atoms in total. The summed E-state index contributed by atoms with van der Waals surface area (Å²) in [6.07, 6.45) is 0.743. The molecule has 0 aromatic heterocycles. The molecule has 1 N–H and O–H groups in total. The largest absolute Gasteiger partial charge is 0.492 e. The molecule has 3 rings (SSSR count). The van der Waals surface area contributed by atoms with Crippen LogP contribution in [0.4, 0.5) is 10.1 Å². The van der Waals surface area contributed by atoms with Crippen molar-refractivity contribution in [3.8, 4) is 5.75 Å².